The number of nitrogens with zero attached hydrogens (tertiary/aromatic N) is 1. The zero-order valence-electron chi connectivity index (χ0n) is 11.1. The molecule has 1 atom stereocenters. The second kappa shape index (κ2) is 4.98. The minimum Gasteiger partial charge on any atom is -0.370 e. The van der Waals surface area contributed by atoms with Crippen LogP contribution in [0.1, 0.15) is 18.9 Å². The summed E-state index contributed by atoms with van der Waals surface area (Å²) < 4.78 is 0. The van der Waals surface area contributed by atoms with E-state index in [9.17, 15) is 4.79 Å². The van der Waals surface area contributed by atoms with Gasteiger partial charge >= 0.3 is 0 Å². The van der Waals surface area contributed by atoms with Gasteiger partial charge in [-0.25, -0.2) is 0 Å². The molecule has 1 amide bonds. The van der Waals surface area contributed by atoms with E-state index in [2.05, 4.69) is 22.3 Å². The van der Waals surface area contributed by atoms with Crippen molar-refractivity contribution in [1.82, 2.24) is 5.32 Å². The molecule has 1 aliphatic rings. The monoisotopic (exact) mass is 247 g/mol. The summed E-state index contributed by atoms with van der Waals surface area (Å²) in [6.07, 6.45) is 0.894. The minimum absolute atomic E-state index is 0.128. The van der Waals surface area contributed by atoms with Crippen LogP contribution in [0.2, 0.25) is 0 Å². The van der Waals surface area contributed by atoms with Gasteiger partial charge in [0.2, 0.25) is 5.91 Å². The van der Waals surface area contributed by atoms with Crippen LogP contribution in [0.5, 0.6) is 0 Å². The first-order valence-corrected chi connectivity index (χ1v) is 6.35. The highest BCUT2D eigenvalue weighted by Gasteiger charge is 2.39. The lowest BCUT2D eigenvalue weighted by Gasteiger charge is -2.24. The van der Waals surface area contributed by atoms with Gasteiger partial charge in [-0.3, -0.25) is 4.79 Å². The molecule has 1 aromatic rings. The maximum atomic E-state index is 11.9. The Bertz CT molecular complexity index is 429. The summed E-state index contributed by atoms with van der Waals surface area (Å²) in [6.45, 7) is 4.29. The van der Waals surface area contributed by atoms with Crippen LogP contribution < -0.4 is 16.0 Å². The normalized spacial score (nSPS) is 23.2. The Balaban J connectivity index is 2.10. The van der Waals surface area contributed by atoms with Crippen molar-refractivity contribution in [3.8, 4) is 0 Å². The molecule has 98 valence electrons. The minimum atomic E-state index is -0.276. The summed E-state index contributed by atoms with van der Waals surface area (Å²) in [5, 5.41) is 2.76. The number of hydrogen-bond acceptors (Lipinski definition) is 3. The number of hydrogen-bond donors (Lipinski definition) is 2. The Morgan fingerprint density at radius 2 is 2.11 bits per heavy atom. The molecule has 0 spiro atoms. The van der Waals surface area contributed by atoms with E-state index in [-0.39, 0.29) is 11.3 Å². The Kier molecular flexibility index (Phi) is 3.57. The van der Waals surface area contributed by atoms with Crippen molar-refractivity contribution in [2.45, 2.75) is 19.9 Å². The zero-order valence-corrected chi connectivity index (χ0v) is 11.1. The number of nitrogens with two attached hydrogens (primary N) is 1. The van der Waals surface area contributed by atoms with Gasteiger partial charge in [0, 0.05) is 32.4 Å². The fourth-order valence-electron chi connectivity index (χ4n) is 2.51. The van der Waals surface area contributed by atoms with E-state index in [1.807, 2.05) is 19.1 Å². The highest BCUT2D eigenvalue weighted by atomic mass is 16.2. The van der Waals surface area contributed by atoms with Gasteiger partial charge in [0.25, 0.3) is 0 Å². The van der Waals surface area contributed by atoms with Gasteiger partial charge in [-0.15, -0.1) is 0 Å². The quantitative estimate of drug-likeness (QED) is 0.841. The molecule has 1 saturated heterocycles. The van der Waals surface area contributed by atoms with Crippen molar-refractivity contribution in [3.63, 3.8) is 0 Å². The third kappa shape index (κ3) is 2.34. The summed E-state index contributed by atoms with van der Waals surface area (Å²) in [6, 6.07) is 8.26. The molecule has 0 aromatic heterocycles. The summed E-state index contributed by atoms with van der Waals surface area (Å²) in [7, 11) is 1.70. The molecule has 0 bridgehead atoms. The van der Waals surface area contributed by atoms with E-state index in [4.69, 9.17) is 5.73 Å². The molecule has 4 nitrogen and oxygen atoms in total. The van der Waals surface area contributed by atoms with Gasteiger partial charge in [-0.05, 0) is 31.0 Å². The molecular formula is C14H21N3O. The smallest absolute Gasteiger partial charge is 0.227 e. The van der Waals surface area contributed by atoms with Crippen molar-refractivity contribution in [1.29, 1.82) is 0 Å². The second-order valence-corrected chi connectivity index (χ2v) is 5.18. The number of amides is 1. The van der Waals surface area contributed by atoms with Crippen molar-refractivity contribution in [2.75, 3.05) is 25.0 Å². The molecule has 2 rings (SSSR count). The van der Waals surface area contributed by atoms with Crippen LogP contribution in [0, 0.1) is 5.41 Å². The third-order valence-electron chi connectivity index (χ3n) is 3.79. The van der Waals surface area contributed by atoms with Crippen molar-refractivity contribution < 1.29 is 4.79 Å². The van der Waals surface area contributed by atoms with Crippen LogP contribution in [-0.2, 0) is 11.3 Å². The van der Waals surface area contributed by atoms with Gasteiger partial charge < -0.3 is 16.0 Å². The van der Waals surface area contributed by atoms with Crippen LogP contribution in [0.4, 0.5) is 5.69 Å². The molecule has 1 heterocycles. The van der Waals surface area contributed by atoms with Crippen LogP contribution in [-0.4, -0.2) is 26.0 Å². The zero-order chi connectivity index (χ0) is 13.2. The first-order valence-electron chi connectivity index (χ1n) is 6.35. The Hall–Kier alpha value is -1.55. The average molecular weight is 247 g/mol. The number of benzene rings is 1. The molecule has 1 aromatic carbocycles. The molecule has 0 aliphatic carbocycles. The van der Waals surface area contributed by atoms with Gasteiger partial charge in [-0.1, -0.05) is 12.1 Å². The Labute approximate surface area is 108 Å². The molecule has 1 fully saturated rings. The molecule has 1 unspecified atom stereocenters. The standard InChI is InChI=1S/C14H21N3O/c1-14(13(18)16-2)7-8-17(10-14)12-5-3-11(9-15)4-6-12/h3-6H,7-10,15H2,1-2H3,(H,16,18). The second-order valence-electron chi connectivity index (χ2n) is 5.18. The number of carbonyl (C=O) groups is 1. The summed E-state index contributed by atoms with van der Waals surface area (Å²) in [5.41, 5.74) is 7.61. The van der Waals surface area contributed by atoms with Crippen LogP contribution >= 0.6 is 0 Å². The van der Waals surface area contributed by atoms with Crippen LogP contribution in [0.25, 0.3) is 0 Å². The first-order chi connectivity index (χ1) is 8.59. The van der Waals surface area contributed by atoms with Gasteiger partial charge in [0.1, 0.15) is 0 Å². The number of carbonyl (C=O) groups excluding carboxylic acids is 1. The lowest BCUT2D eigenvalue weighted by molar-refractivity contribution is -0.128. The lowest BCUT2D eigenvalue weighted by atomic mass is 9.89. The number of nitrogens with one attached hydrogen (secondary N) is 1. The fourth-order valence-corrected chi connectivity index (χ4v) is 2.51. The molecular weight excluding hydrogens is 226 g/mol. The van der Waals surface area contributed by atoms with E-state index < -0.39 is 0 Å². The van der Waals surface area contributed by atoms with Gasteiger partial charge in [0.05, 0.1) is 5.41 Å². The highest BCUT2D eigenvalue weighted by molar-refractivity contribution is 5.83. The predicted molar refractivity (Wildman–Crippen MR) is 73.3 cm³/mol. The van der Waals surface area contributed by atoms with Crippen molar-refractivity contribution >= 4 is 11.6 Å². The number of rotatable bonds is 3. The van der Waals surface area contributed by atoms with Crippen molar-refractivity contribution in [3.05, 3.63) is 29.8 Å². The lowest BCUT2D eigenvalue weighted by Crippen LogP contribution is -2.39. The van der Waals surface area contributed by atoms with Crippen LogP contribution in [0.15, 0.2) is 24.3 Å². The first kappa shape index (κ1) is 12.9. The molecule has 18 heavy (non-hydrogen) atoms. The van der Waals surface area contributed by atoms with E-state index >= 15 is 0 Å². The van der Waals surface area contributed by atoms with Crippen molar-refractivity contribution in [2.24, 2.45) is 11.1 Å². The molecule has 4 heteroatoms. The van der Waals surface area contributed by atoms with Gasteiger partial charge in [0.15, 0.2) is 0 Å². The van der Waals surface area contributed by atoms with Crippen LogP contribution in [0.3, 0.4) is 0 Å². The molecule has 0 saturated carbocycles. The predicted octanol–water partition coefficient (Wildman–Crippen LogP) is 1.11. The van der Waals surface area contributed by atoms with E-state index in [0.29, 0.717) is 6.54 Å². The molecule has 0 radical (unpaired) electrons. The third-order valence-corrected chi connectivity index (χ3v) is 3.79. The summed E-state index contributed by atoms with van der Waals surface area (Å²) in [5.74, 6) is 0.128. The fraction of sp³-hybridized carbons (Fsp3) is 0.500. The summed E-state index contributed by atoms with van der Waals surface area (Å²) >= 11 is 0. The van der Waals surface area contributed by atoms with E-state index in [1.165, 1.54) is 5.69 Å². The Morgan fingerprint density at radius 1 is 1.44 bits per heavy atom. The highest BCUT2D eigenvalue weighted by Crippen LogP contribution is 2.33. The largest absolute Gasteiger partial charge is 0.370 e. The van der Waals surface area contributed by atoms with E-state index in [1.54, 1.807) is 7.05 Å². The number of anilines is 1. The molecule has 1 aliphatic heterocycles. The van der Waals surface area contributed by atoms with Gasteiger partial charge in [-0.2, -0.15) is 0 Å². The maximum Gasteiger partial charge on any atom is 0.227 e. The average Bonchev–Trinajstić information content (AvgIpc) is 2.82. The maximum absolute atomic E-state index is 11.9. The SMILES string of the molecule is CNC(=O)C1(C)CCN(c2ccc(CN)cc2)C1. The summed E-state index contributed by atoms with van der Waals surface area (Å²) in [4.78, 5) is 14.1. The topological polar surface area (TPSA) is 58.4 Å². The molecule has 3 N–H and O–H groups in total. The van der Waals surface area contributed by atoms with E-state index in [0.717, 1.165) is 25.1 Å². The Morgan fingerprint density at radius 3 is 2.67 bits per heavy atom.